The number of ether oxygens (including phenoxy) is 1. The Morgan fingerprint density at radius 1 is 1.10 bits per heavy atom. The maximum atomic E-state index is 14.5. The van der Waals surface area contributed by atoms with Crippen molar-refractivity contribution in [1.82, 2.24) is 5.32 Å². The summed E-state index contributed by atoms with van der Waals surface area (Å²) in [7, 11) is 1.48. The molecule has 0 atom stereocenters. The zero-order valence-corrected chi connectivity index (χ0v) is 17.6. The Labute approximate surface area is 182 Å². The van der Waals surface area contributed by atoms with Crippen LogP contribution < -0.4 is 15.8 Å². The van der Waals surface area contributed by atoms with Gasteiger partial charge in [-0.25, -0.2) is 4.39 Å². The highest BCUT2D eigenvalue weighted by Gasteiger charge is 2.17. The van der Waals surface area contributed by atoms with Crippen LogP contribution in [0.5, 0.6) is 5.75 Å². The molecule has 7 heteroatoms. The highest BCUT2D eigenvalue weighted by Crippen LogP contribution is 2.29. The number of carbonyl (C=O) groups is 1. The van der Waals surface area contributed by atoms with Crippen molar-refractivity contribution in [2.75, 3.05) is 12.8 Å². The number of nitrogens with one attached hydrogen (secondary N) is 2. The minimum absolute atomic E-state index is 0.0459. The summed E-state index contributed by atoms with van der Waals surface area (Å²) in [6.45, 7) is -0.0459. The summed E-state index contributed by atoms with van der Waals surface area (Å²) in [5.41, 5.74) is 7.46. The molecule has 0 saturated carbocycles. The summed E-state index contributed by atoms with van der Waals surface area (Å²) in [6, 6.07) is 19.3. The van der Waals surface area contributed by atoms with Crippen molar-refractivity contribution in [2.45, 2.75) is 6.54 Å². The molecule has 1 heterocycles. The Balaban J connectivity index is 1.59. The predicted molar refractivity (Wildman–Crippen MR) is 123 cm³/mol. The largest absolute Gasteiger partial charge is 0.496 e. The van der Waals surface area contributed by atoms with Gasteiger partial charge in [0.2, 0.25) is 0 Å². The molecule has 4 N–H and O–H groups in total. The summed E-state index contributed by atoms with van der Waals surface area (Å²) < 4.78 is 20.8. The summed E-state index contributed by atoms with van der Waals surface area (Å²) in [6.07, 6.45) is 0. The third-order valence-corrected chi connectivity index (χ3v) is 6.08. The number of nitrogen functional groups attached to an aromatic ring is 1. The number of para-hydroxylation sites is 1. The van der Waals surface area contributed by atoms with E-state index in [0.29, 0.717) is 16.9 Å². The lowest BCUT2D eigenvalue weighted by atomic mass is 10.0. The number of nitrogens with two attached hydrogens (primary N) is 1. The van der Waals surface area contributed by atoms with Crippen LogP contribution in [0.1, 0.15) is 26.4 Å². The van der Waals surface area contributed by atoms with E-state index in [4.69, 9.17) is 15.9 Å². The number of hydrogen-bond acceptors (Lipinski definition) is 5. The molecule has 1 aromatic heterocycles. The van der Waals surface area contributed by atoms with E-state index in [1.54, 1.807) is 24.3 Å². The molecule has 156 valence electrons. The fourth-order valence-corrected chi connectivity index (χ4v) is 4.35. The highest BCUT2D eigenvalue weighted by atomic mass is 32.1. The molecule has 0 spiro atoms. The van der Waals surface area contributed by atoms with Gasteiger partial charge >= 0.3 is 0 Å². The number of hydrogen-bond donors (Lipinski definition) is 3. The lowest BCUT2D eigenvalue weighted by Gasteiger charge is -2.12. The summed E-state index contributed by atoms with van der Waals surface area (Å²) in [5.74, 6) is -0.481. The lowest BCUT2D eigenvalue weighted by molar-refractivity contribution is 0.0947. The van der Waals surface area contributed by atoms with E-state index in [9.17, 15) is 9.18 Å². The van der Waals surface area contributed by atoms with Gasteiger partial charge in [0, 0.05) is 28.1 Å². The Bertz CT molecular complexity index is 1270. The molecule has 0 aliphatic rings. The van der Waals surface area contributed by atoms with Gasteiger partial charge in [-0.05, 0) is 41.8 Å². The molecular weight excluding hydrogens is 413 g/mol. The second-order valence-corrected chi connectivity index (χ2v) is 8.02. The molecule has 4 aromatic rings. The average Bonchev–Trinajstić information content (AvgIpc) is 3.22. The molecular formula is C24H20FN3O2S. The molecule has 0 radical (unpaired) electrons. The van der Waals surface area contributed by atoms with Crippen molar-refractivity contribution in [3.63, 3.8) is 0 Å². The first kappa shape index (κ1) is 20.6. The minimum Gasteiger partial charge on any atom is -0.496 e. The SMILES string of the molecule is COc1ccccc1C(=O)NCc1cc(C(=N)c2cc3ccccc3s2)c(N)cc1F. The third-order valence-electron chi connectivity index (χ3n) is 4.95. The standard InChI is InChI=1S/C24H20FN3O2S/c1-30-20-8-4-3-7-16(20)24(29)28-13-15-10-17(19(26)12-18(15)25)23(27)22-11-14-6-2-5-9-21(14)31-22/h2-12,27H,13,26H2,1H3,(H,28,29). The second-order valence-electron chi connectivity index (χ2n) is 6.94. The van der Waals surface area contributed by atoms with Crippen LogP contribution in [0.3, 0.4) is 0 Å². The smallest absolute Gasteiger partial charge is 0.255 e. The zero-order chi connectivity index (χ0) is 22.0. The van der Waals surface area contributed by atoms with Crippen LogP contribution in [0.2, 0.25) is 0 Å². The van der Waals surface area contributed by atoms with Gasteiger partial charge in [-0.2, -0.15) is 0 Å². The van der Waals surface area contributed by atoms with Crippen molar-refractivity contribution < 1.29 is 13.9 Å². The van der Waals surface area contributed by atoms with Gasteiger partial charge in [0.05, 0.1) is 23.3 Å². The summed E-state index contributed by atoms with van der Waals surface area (Å²) in [5, 5.41) is 12.4. The van der Waals surface area contributed by atoms with Gasteiger partial charge in [0.1, 0.15) is 11.6 Å². The lowest BCUT2D eigenvalue weighted by Crippen LogP contribution is -2.24. The molecule has 31 heavy (non-hydrogen) atoms. The minimum atomic E-state index is -0.536. The fourth-order valence-electron chi connectivity index (χ4n) is 3.33. The van der Waals surface area contributed by atoms with Crippen molar-refractivity contribution >= 4 is 38.7 Å². The highest BCUT2D eigenvalue weighted by molar-refractivity contribution is 7.21. The molecule has 0 fully saturated rings. The van der Waals surface area contributed by atoms with Gasteiger partial charge < -0.3 is 15.8 Å². The number of anilines is 1. The normalized spacial score (nSPS) is 10.8. The quantitative estimate of drug-likeness (QED) is 0.296. The topological polar surface area (TPSA) is 88.2 Å². The van der Waals surface area contributed by atoms with Crippen molar-refractivity contribution in [3.05, 3.63) is 94.1 Å². The van der Waals surface area contributed by atoms with Crippen LogP contribution in [-0.4, -0.2) is 18.7 Å². The number of amides is 1. The molecule has 0 unspecified atom stereocenters. The zero-order valence-electron chi connectivity index (χ0n) is 16.7. The molecule has 1 amide bonds. The van der Waals surface area contributed by atoms with E-state index in [1.807, 2.05) is 30.3 Å². The van der Waals surface area contributed by atoms with E-state index in [2.05, 4.69) is 5.32 Å². The van der Waals surface area contributed by atoms with Crippen LogP contribution in [0.4, 0.5) is 10.1 Å². The van der Waals surface area contributed by atoms with Crippen molar-refractivity contribution in [3.8, 4) is 5.75 Å². The van der Waals surface area contributed by atoms with Crippen LogP contribution in [0.25, 0.3) is 10.1 Å². The summed E-state index contributed by atoms with van der Waals surface area (Å²) in [4.78, 5) is 13.3. The van der Waals surface area contributed by atoms with E-state index in [0.717, 1.165) is 15.0 Å². The Morgan fingerprint density at radius 3 is 2.61 bits per heavy atom. The van der Waals surface area contributed by atoms with E-state index in [1.165, 1.54) is 30.6 Å². The first-order valence-corrected chi connectivity index (χ1v) is 10.4. The number of methoxy groups -OCH3 is 1. The van der Waals surface area contributed by atoms with Crippen molar-refractivity contribution in [2.24, 2.45) is 0 Å². The Kier molecular flexibility index (Phi) is 5.68. The predicted octanol–water partition coefficient (Wildman–Crippen LogP) is 4.98. The second kappa shape index (κ2) is 8.57. The maximum absolute atomic E-state index is 14.5. The molecule has 0 bridgehead atoms. The number of halogens is 1. The van der Waals surface area contributed by atoms with Gasteiger partial charge in [0.15, 0.2) is 0 Å². The van der Waals surface area contributed by atoms with Crippen LogP contribution >= 0.6 is 11.3 Å². The van der Waals surface area contributed by atoms with Crippen LogP contribution in [-0.2, 0) is 6.54 Å². The number of fused-ring (bicyclic) bond motifs is 1. The molecule has 5 nitrogen and oxygen atoms in total. The first-order chi connectivity index (χ1) is 15.0. The Morgan fingerprint density at radius 2 is 1.84 bits per heavy atom. The van der Waals surface area contributed by atoms with E-state index < -0.39 is 5.82 Å². The van der Waals surface area contributed by atoms with Crippen molar-refractivity contribution in [1.29, 1.82) is 5.41 Å². The summed E-state index contributed by atoms with van der Waals surface area (Å²) >= 11 is 1.48. The number of carbonyl (C=O) groups excluding carboxylic acids is 1. The molecule has 0 aliphatic carbocycles. The number of benzene rings is 3. The number of thiophene rings is 1. The van der Waals surface area contributed by atoms with Crippen LogP contribution in [0, 0.1) is 11.2 Å². The Hall–Kier alpha value is -3.71. The first-order valence-electron chi connectivity index (χ1n) is 9.55. The van der Waals surface area contributed by atoms with Gasteiger partial charge in [0.25, 0.3) is 5.91 Å². The van der Waals surface area contributed by atoms with Crippen LogP contribution in [0.15, 0.2) is 66.7 Å². The molecule has 3 aromatic carbocycles. The monoisotopic (exact) mass is 433 g/mol. The molecule has 0 aliphatic heterocycles. The third kappa shape index (κ3) is 4.13. The fraction of sp³-hybridized carbons (Fsp3) is 0.0833. The van der Waals surface area contributed by atoms with Gasteiger partial charge in [-0.15, -0.1) is 11.3 Å². The average molecular weight is 434 g/mol. The molecule has 0 saturated heterocycles. The van der Waals surface area contributed by atoms with Gasteiger partial charge in [-0.3, -0.25) is 10.2 Å². The van der Waals surface area contributed by atoms with Gasteiger partial charge in [-0.1, -0.05) is 30.3 Å². The number of rotatable bonds is 6. The molecule has 4 rings (SSSR count). The maximum Gasteiger partial charge on any atom is 0.255 e. The van der Waals surface area contributed by atoms with E-state index in [-0.39, 0.29) is 29.4 Å². The van der Waals surface area contributed by atoms with E-state index >= 15 is 0 Å².